The van der Waals surface area contributed by atoms with E-state index in [9.17, 15) is 13.0 Å². The van der Waals surface area contributed by atoms with Gasteiger partial charge in [-0.25, -0.2) is 8.42 Å². The van der Waals surface area contributed by atoms with Crippen molar-refractivity contribution in [1.29, 1.82) is 0 Å². The predicted molar refractivity (Wildman–Crippen MR) is 99.6 cm³/mol. The summed E-state index contributed by atoms with van der Waals surface area (Å²) in [6.07, 6.45) is 19.5. The van der Waals surface area contributed by atoms with Crippen molar-refractivity contribution in [2.75, 3.05) is 6.61 Å². The van der Waals surface area contributed by atoms with Crippen LogP contribution in [0.4, 0.5) is 0 Å². The van der Waals surface area contributed by atoms with Crippen LogP contribution in [-0.4, -0.2) is 19.6 Å². The van der Waals surface area contributed by atoms with Gasteiger partial charge in [-0.15, -0.1) is 0 Å². The summed E-state index contributed by atoms with van der Waals surface area (Å²) in [5.74, 6) is 0.0236. The Morgan fingerprint density at radius 3 is 1.96 bits per heavy atom. The van der Waals surface area contributed by atoms with E-state index >= 15 is 0 Å². The van der Waals surface area contributed by atoms with E-state index in [0.29, 0.717) is 0 Å². The van der Waals surface area contributed by atoms with Crippen molar-refractivity contribution in [3.8, 4) is 0 Å². The molecule has 0 aromatic rings. The first kappa shape index (κ1) is 27.8. The van der Waals surface area contributed by atoms with E-state index in [-0.39, 0.29) is 42.1 Å². The monoisotopic (exact) mass is 384 g/mol. The summed E-state index contributed by atoms with van der Waals surface area (Å²) in [7, 11) is -4.59. The fourth-order valence-electron chi connectivity index (χ4n) is 2.75. The second kappa shape index (κ2) is 19.4. The number of allylic oxidation sites excluding steroid dienone is 1. The van der Waals surface area contributed by atoms with E-state index in [1.165, 1.54) is 51.4 Å². The molecule has 4 nitrogen and oxygen atoms in total. The van der Waals surface area contributed by atoms with Gasteiger partial charge in [0.15, 0.2) is 0 Å². The average Bonchev–Trinajstić information content (AvgIpc) is 2.53. The van der Waals surface area contributed by atoms with Gasteiger partial charge in [0, 0.05) is 5.92 Å². The molecule has 1 unspecified atom stereocenters. The minimum Gasteiger partial charge on any atom is -0.726 e. The maximum Gasteiger partial charge on any atom is 1.00 e. The average molecular weight is 385 g/mol. The third kappa shape index (κ3) is 22.6. The van der Waals surface area contributed by atoms with Crippen LogP contribution in [0.25, 0.3) is 0 Å². The molecule has 0 saturated carbocycles. The molecule has 0 N–H and O–H groups in total. The number of unbranched alkanes of at least 4 members (excludes halogenated alkanes) is 10. The van der Waals surface area contributed by atoms with Gasteiger partial charge < -0.3 is 4.55 Å². The van der Waals surface area contributed by atoms with Gasteiger partial charge in [-0.2, -0.15) is 0 Å². The molecule has 0 radical (unpaired) electrons. The fourth-order valence-corrected chi connectivity index (χ4v) is 3.09. The predicted octanol–water partition coefficient (Wildman–Crippen LogP) is 2.75. The molecule has 0 aromatic carbocycles. The zero-order valence-corrected chi connectivity index (χ0v) is 19.5. The molecule has 0 rings (SSSR count). The SMILES string of the molecule is CCCCCC/C=C/C(CCCCCCCCC)COS(=O)(=O)[O-].[Na+]. The van der Waals surface area contributed by atoms with Crippen LogP contribution in [-0.2, 0) is 14.6 Å². The minimum absolute atomic E-state index is 0. The van der Waals surface area contributed by atoms with Crippen molar-refractivity contribution in [3.05, 3.63) is 12.2 Å². The number of rotatable bonds is 17. The topological polar surface area (TPSA) is 66.4 Å². The Bertz CT molecular complexity index is 396. The van der Waals surface area contributed by atoms with E-state index in [0.717, 1.165) is 32.1 Å². The largest absolute Gasteiger partial charge is 1.00 e. The molecule has 0 spiro atoms. The number of hydrogen-bond donors (Lipinski definition) is 0. The molecule has 25 heavy (non-hydrogen) atoms. The van der Waals surface area contributed by atoms with Crippen LogP contribution in [0.2, 0.25) is 0 Å². The Balaban J connectivity index is 0. The zero-order valence-electron chi connectivity index (χ0n) is 16.7. The summed E-state index contributed by atoms with van der Waals surface area (Å²) >= 11 is 0. The molecule has 0 fully saturated rings. The standard InChI is InChI=1S/C19H38O4S.Na/c1-3-5-7-9-11-13-15-17-19(18-23-24(20,21)22)16-14-12-10-8-6-4-2;/h14,16,19H,3-13,15,17-18H2,1-2H3,(H,20,21,22);/q;+1/p-1/b16-14+;. The van der Waals surface area contributed by atoms with E-state index in [4.69, 9.17) is 0 Å². The quantitative estimate of drug-likeness (QED) is 0.127. The molecule has 0 saturated heterocycles. The van der Waals surface area contributed by atoms with Crippen LogP contribution in [0, 0.1) is 5.92 Å². The van der Waals surface area contributed by atoms with Crippen molar-refractivity contribution in [3.63, 3.8) is 0 Å². The minimum atomic E-state index is -4.59. The molecule has 0 aliphatic rings. The number of hydrogen-bond acceptors (Lipinski definition) is 4. The van der Waals surface area contributed by atoms with E-state index < -0.39 is 10.4 Å². The van der Waals surface area contributed by atoms with Crippen LogP contribution in [0.5, 0.6) is 0 Å². The van der Waals surface area contributed by atoms with Crippen LogP contribution >= 0.6 is 0 Å². The Morgan fingerprint density at radius 2 is 1.40 bits per heavy atom. The molecular formula is C19H37NaO4S. The van der Waals surface area contributed by atoms with E-state index in [1.54, 1.807) is 0 Å². The normalized spacial score (nSPS) is 13.1. The maximum atomic E-state index is 10.7. The molecule has 0 aliphatic heterocycles. The molecular weight excluding hydrogens is 347 g/mol. The summed E-state index contributed by atoms with van der Waals surface area (Å²) in [4.78, 5) is 0. The first-order valence-corrected chi connectivity index (χ1v) is 11.1. The molecule has 1 atom stereocenters. The summed E-state index contributed by atoms with van der Waals surface area (Å²) in [6, 6.07) is 0. The Kier molecular flexibility index (Phi) is 21.6. The molecule has 0 bridgehead atoms. The molecule has 0 aromatic heterocycles. The van der Waals surface area contributed by atoms with Crippen LogP contribution in [0.3, 0.4) is 0 Å². The smallest absolute Gasteiger partial charge is 0.726 e. The van der Waals surface area contributed by atoms with Crippen molar-refractivity contribution in [2.24, 2.45) is 5.92 Å². The summed E-state index contributed by atoms with van der Waals surface area (Å²) in [6.45, 7) is 4.38. The molecule has 144 valence electrons. The molecule has 6 heteroatoms. The van der Waals surface area contributed by atoms with Crippen molar-refractivity contribution in [2.45, 2.75) is 97.3 Å². The van der Waals surface area contributed by atoms with Crippen molar-refractivity contribution < 1.29 is 46.7 Å². The second-order valence-electron chi connectivity index (χ2n) is 6.64. The molecule has 0 heterocycles. The molecule has 0 aliphatic carbocycles. The van der Waals surface area contributed by atoms with Crippen LogP contribution < -0.4 is 29.6 Å². The summed E-state index contributed by atoms with van der Waals surface area (Å²) in [5, 5.41) is 0. The third-order valence-electron chi connectivity index (χ3n) is 4.24. The Labute approximate surface area is 178 Å². The third-order valence-corrected chi connectivity index (χ3v) is 4.66. The van der Waals surface area contributed by atoms with Gasteiger partial charge in [-0.3, -0.25) is 4.18 Å². The van der Waals surface area contributed by atoms with Gasteiger partial charge in [0.1, 0.15) is 0 Å². The first-order chi connectivity index (χ1) is 11.5. The summed E-state index contributed by atoms with van der Waals surface area (Å²) in [5.41, 5.74) is 0. The first-order valence-electron chi connectivity index (χ1n) is 9.76. The fraction of sp³-hybridized carbons (Fsp3) is 0.895. The van der Waals surface area contributed by atoms with Gasteiger partial charge in [0.05, 0.1) is 6.61 Å². The van der Waals surface area contributed by atoms with Gasteiger partial charge in [-0.05, 0) is 19.3 Å². The van der Waals surface area contributed by atoms with Gasteiger partial charge in [0.2, 0.25) is 10.4 Å². The van der Waals surface area contributed by atoms with Crippen molar-refractivity contribution in [1.82, 2.24) is 0 Å². The molecule has 0 amide bonds. The Hall–Kier alpha value is 0.610. The second-order valence-corrected chi connectivity index (χ2v) is 7.69. The van der Waals surface area contributed by atoms with Gasteiger partial charge in [0.25, 0.3) is 0 Å². The van der Waals surface area contributed by atoms with Crippen LogP contribution in [0.15, 0.2) is 12.2 Å². The van der Waals surface area contributed by atoms with Crippen molar-refractivity contribution >= 4 is 10.4 Å². The van der Waals surface area contributed by atoms with E-state index in [2.05, 4.69) is 24.1 Å². The van der Waals surface area contributed by atoms with Crippen LogP contribution in [0.1, 0.15) is 97.3 Å². The van der Waals surface area contributed by atoms with E-state index in [1.807, 2.05) is 6.08 Å². The zero-order chi connectivity index (χ0) is 18.1. The maximum absolute atomic E-state index is 10.7. The van der Waals surface area contributed by atoms with Gasteiger partial charge >= 0.3 is 29.6 Å². The van der Waals surface area contributed by atoms with Gasteiger partial charge in [-0.1, -0.05) is 90.2 Å². The Morgan fingerprint density at radius 1 is 0.880 bits per heavy atom. The summed E-state index contributed by atoms with van der Waals surface area (Å²) < 4.78 is 36.4.